The van der Waals surface area contributed by atoms with Gasteiger partial charge in [-0.15, -0.1) is 11.3 Å². The van der Waals surface area contributed by atoms with Crippen molar-refractivity contribution in [2.45, 2.75) is 32.9 Å². The molecule has 0 aliphatic heterocycles. The molecule has 0 spiro atoms. The van der Waals surface area contributed by atoms with Gasteiger partial charge in [0.1, 0.15) is 5.01 Å². The van der Waals surface area contributed by atoms with Crippen LogP contribution in [0.3, 0.4) is 0 Å². The third kappa shape index (κ3) is 3.88. The van der Waals surface area contributed by atoms with Crippen LogP contribution in [-0.4, -0.2) is 18.6 Å². The van der Waals surface area contributed by atoms with E-state index in [2.05, 4.69) is 48.8 Å². The lowest BCUT2D eigenvalue weighted by molar-refractivity contribution is 0.185. The zero-order valence-electron chi connectivity index (χ0n) is 12.3. The van der Waals surface area contributed by atoms with E-state index in [1.54, 1.807) is 18.4 Å². The second-order valence-corrected chi connectivity index (χ2v) is 5.74. The largest absolute Gasteiger partial charge is 0.380 e. The summed E-state index contributed by atoms with van der Waals surface area (Å²) in [5, 5.41) is 6.69. The van der Waals surface area contributed by atoms with Crippen molar-refractivity contribution >= 4 is 11.3 Å². The van der Waals surface area contributed by atoms with Crippen molar-refractivity contribution in [2.75, 3.05) is 13.7 Å². The van der Waals surface area contributed by atoms with Crippen molar-refractivity contribution in [3.63, 3.8) is 0 Å². The van der Waals surface area contributed by atoms with Crippen LogP contribution in [0.15, 0.2) is 29.6 Å². The molecule has 1 unspecified atom stereocenters. The summed E-state index contributed by atoms with van der Waals surface area (Å²) in [5.74, 6) is 0. The average Bonchev–Trinajstić information content (AvgIpc) is 2.96. The molecule has 108 valence electrons. The van der Waals surface area contributed by atoms with Crippen LogP contribution in [0.25, 0.3) is 10.6 Å². The van der Waals surface area contributed by atoms with Crippen molar-refractivity contribution in [3.8, 4) is 10.6 Å². The van der Waals surface area contributed by atoms with Crippen LogP contribution in [0.4, 0.5) is 0 Å². The van der Waals surface area contributed by atoms with E-state index in [1.807, 2.05) is 0 Å². The van der Waals surface area contributed by atoms with E-state index in [4.69, 9.17) is 9.72 Å². The fourth-order valence-electron chi connectivity index (χ4n) is 1.99. The molecule has 1 heterocycles. The minimum atomic E-state index is 0.313. The highest BCUT2D eigenvalue weighted by Crippen LogP contribution is 2.26. The molecule has 1 atom stereocenters. The molecule has 1 N–H and O–H groups in total. The lowest BCUT2D eigenvalue weighted by Gasteiger charge is -2.09. The molecule has 0 aliphatic carbocycles. The number of hydrogen-bond acceptors (Lipinski definition) is 4. The summed E-state index contributed by atoms with van der Waals surface area (Å²) in [7, 11) is 1.71. The van der Waals surface area contributed by atoms with Gasteiger partial charge in [-0.3, -0.25) is 0 Å². The molecule has 0 bridgehead atoms. The predicted molar refractivity (Wildman–Crippen MR) is 85.0 cm³/mol. The maximum Gasteiger partial charge on any atom is 0.123 e. The molecular weight excluding hydrogens is 268 g/mol. The van der Waals surface area contributed by atoms with Gasteiger partial charge in [0, 0.05) is 24.1 Å². The first kappa shape index (κ1) is 15.2. The van der Waals surface area contributed by atoms with Crippen LogP contribution >= 0.6 is 11.3 Å². The van der Waals surface area contributed by atoms with Crippen LogP contribution in [0, 0.1) is 0 Å². The fraction of sp³-hybridized carbons (Fsp3) is 0.438. The summed E-state index contributed by atoms with van der Waals surface area (Å²) in [6, 6.07) is 8.73. The fourth-order valence-corrected chi connectivity index (χ4v) is 2.91. The Hall–Kier alpha value is -1.23. The first-order chi connectivity index (χ1) is 9.74. The molecule has 2 rings (SSSR count). The number of thiazole rings is 1. The van der Waals surface area contributed by atoms with Gasteiger partial charge in [-0.25, -0.2) is 4.98 Å². The second kappa shape index (κ2) is 7.53. The number of benzene rings is 1. The monoisotopic (exact) mass is 290 g/mol. The highest BCUT2D eigenvalue weighted by atomic mass is 32.1. The van der Waals surface area contributed by atoms with Gasteiger partial charge in [-0.2, -0.15) is 0 Å². The molecule has 20 heavy (non-hydrogen) atoms. The maximum atomic E-state index is 5.13. The minimum absolute atomic E-state index is 0.313. The molecular formula is C16H22N2OS. The molecule has 1 aromatic heterocycles. The van der Waals surface area contributed by atoms with Crippen molar-refractivity contribution in [1.29, 1.82) is 0 Å². The number of methoxy groups -OCH3 is 1. The molecule has 0 radical (unpaired) electrons. The Morgan fingerprint density at radius 2 is 2.05 bits per heavy atom. The van der Waals surface area contributed by atoms with Crippen molar-refractivity contribution in [1.82, 2.24) is 10.3 Å². The molecule has 0 saturated heterocycles. The normalized spacial score (nSPS) is 12.6. The Morgan fingerprint density at radius 3 is 2.70 bits per heavy atom. The quantitative estimate of drug-likeness (QED) is 0.836. The van der Waals surface area contributed by atoms with Crippen LogP contribution in [0.5, 0.6) is 0 Å². The van der Waals surface area contributed by atoms with Gasteiger partial charge in [-0.1, -0.05) is 31.2 Å². The Bertz CT molecular complexity index is 522. The molecule has 0 aliphatic rings. The molecule has 2 aromatic rings. The van der Waals surface area contributed by atoms with Gasteiger partial charge in [0.05, 0.1) is 12.3 Å². The molecule has 0 fully saturated rings. The van der Waals surface area contributed by atoms with Crippen molar-refractivity contribution in [3.05, 3.63) is 40.9 Å². The maximum absolute atomic E-state index is 5.13. The van der Waals surface area contributed by atoms with Crippen molar-refractivity contribution < 1.29 is 4.74 Å². The van der Waals surface area contributed by atoms with E-state index in [0.717, 1.165) is 23.7 Å². The smallest absolute Gasteiger partial charge is 0.123 e. The van der Waals surface area contributed by atoms with Crippen LogP contribution in [0.2, 0.25) is 0 Å². The summed E-state index contributed by atoms with van der Waals surface area (Å²) in [6.07, 6.45) is 1.14. The lowest BCUT2D eigenvalue weighted by atomic mass is 10.1. The summed E-state index contributed by atoms with van der Waals surface area (Å²) >= 11 is 1.70. The number of aromatic nitrogens is 1. The molecule has 1 aromatic carbocycles. The standard InChI is InChI=1S/C16H22N2OS/c1-4-9-17-12(2)15-11-20-16(18-15)14-7-5-13(6-8-14)10-19-3/h5-8,11-12,17H,4,9-10H2,1-3H3. The average molecular weight is 290 g/mol. The zero-order valence-corrected chi connectivity index (χ0v) is 13.2. The topological polar surface area (TPSA) is 34.1 Å². The van der Waals surface area contributed by atoms with Crippen molar-refractivity contribution in [2.24, 2.45) is 0 Å². The first-order valence-electron chi connectivity index (χ1n) is 7.01. The second-order valence-electron chi connectivity index (χ2n) is 4.88. The Labute approximate surface area is 125 Å². The minimum Gasteiger partial charge on any atom is -0.380 e. The molecule has 3 nitrogen and oxygen atoms in total. The van der Waals surface area contributed by atoms with Crippen LogP contribution in [0.1, 0.15) is 37.6 Å². The lowest BCUT2D eigenvalue weighted by Crippen LogP contribution is -2.19. The van der Waals surface area contributed by atoms with Gasteiger partial charge in [0.25, 0.3) is 0 Å². The van der Waals surface area contributed by atoms with E-state index in [1.165, 1.54) is 11.1 Å². The summed E-state index contributed by atoms with van der Waals surface area (Å²) in [6.45, 7) is 6.02. The number of rotatable bonds is 7. The first-order valence-corrected chi connectivity index (χ1v) is 7.89. The van der Waals surface area contributed by atoms with Gasteiger partial charge in [0.15, 0.2) is 0 Å². The van der Waals surface area contributed by atoms with E-state index in [-0.39, 0.29) is 0 Å². The highest BCUT2D eigenvalue weighted by Gasteiger charge is 2.10. The third-order valence-corrected chi connectivity index (χ3v) is 4.09. The van der Waals surface area contributed by atoms with E-state index in [9.17, 15) is 0 Å². The molecule has 4 heteroatoms. The zero-order chi connectivity index (χ0) is 14.4. The van der Waals surface area contributed by atoms with E-state index < -0.39 is 0 Å². The van der Waals surface area contributed by atoms with Crippen LogP contribution in [-0.2, 0) is 11.3 Å². The Balaban J connectivity index is 2.07. The molecule has 0 amide bonds. The number of nitrogens with one attached hydrogen (secondary N) is 1. The predicted octanol–water partition coefficient (Wildman–Crippen LogP) is 4.02. The van der Waals surface area contributed by atoms with Gasteiger partial charge < -0.3 is 10.1 Å². The van der Waals surface area contributed by atoms with Crippen LogP contribution < -0.4 is 5.32 Å². The van der Waals surface area contributed by atoms with E-state index >= 15 is 0 Å². The highest BCUT2D eigenvalue weighted by molar-refractivity contribution is 7.13. The Kier molecular flexibility index (Phi) is 5.71. The Morgan fingerprint density at radius 1 is 1.30 bits per heavy atom. The SMILES string of the molecule is CCCNC(C)c1csc(-c2ccc(COC)cc2)n1. The molecule has 0 saturated carbocycles. The number of ether oxygens (including phenoxy) is 1. The van der Waals surface area contributed by atoms with E-state index in [0.29, 0.717) is 12.6 Å². The van der Waals surface area contributed by atoms with Gasteiger partial charge >= 0.3 is 0 Å². The summed E-state index contributed by atoms with van der Waals surface area (Å²) in [5.41, 5.74) is 3.48. The summed E-state index contributed by atoms with van der Waals surface area (Å²) in [4.78, 5) is 4.73. The number of nitrogens with zero attached hydrogens (tertiary/aromatic N) is 1. The number of hydrogen-bond donors (Lipinski definition) is 1. The van der Waals surface area contributed by atoms with Gasteiger partial charge in [-0.05, 0) is 25.5 Å². The summed E-state index contributed by atoms with van der Waals surface area (Å²) < 4.78 is 5.13. The third-order valence-electron chi connectivity index (χ3n) is 3.18. The van der Waals surface area contributed by atoms with Gasteiger partial charge in [0.2, 0.25) is 0 Å².